The van der Waals surface area contributed by atoms with Gasteiger partial charge in [0.05, 0.1) is 25.5 Å². The van der Waals surface area contributed by atoms with Crippen molar-refractivity contribution >= 4 is 35.5 Å². The molecule has 0 aromatic carbocycles. The van der Waals surface area contributed by atoms with Gasteiger partial charge in [0.15, 0.2) is 0 Å². The Morgan fingerprint density at radius 1 is 0.774 bits per heavy atom. The van der Waals surface area contributed by atoms with Crippen LogP contribution in [0.1, 0.15) is 33.1 Å². The van der Waals surface area contributed by atoms with Gasteiger partial charge in [-0.3, -0.25) is 24.0 Å². The highest BCUT2D eigenvalue weighted by molar-refractivity contribution is 5.97. The number of nitrogens with one attached hydrogen (secondary N) is 3. The van der Waals surface area contributed by atoms with Gasteiger partial charge in [-0.05, 0) is 12.3 Å². The van der Waals surface area contributed by atoms with Crippen LogP contribution in [-0.4, -0.2) is 76.5 Å². The van der Waals surface area contributed by atoms with Crippen LogP contribution in [0, 0.1) is 5.92 Å². The fraction of sp³-hybridized carbons (Fsp3) is 0.647. The van der Waals surface area contributed by atoms with E-state index in [9.17, 15) is 28.8 Å². The number of aliphatic hydroxyl groups excluding tert-OH is 1. The normalized spacial score (nSPS) is 14.6. The van der Waals surface area contributed by atoms with Crippen LogP contribution >= 0.6 is 0 Å². The second kappa shape index (κ2) is 13.1. The van der Waals surface area contributed by atoms with Gasteiger partial charge in [0.1, 0.15) is 18.1 Å². The molecule has 0 aromatic heterocycles. The zero-order valence-electron chi connectivity index (χ0n) is 17.3. The largest absolute Gasteiger partial charge is 0.480 e. The van der Waals surface area contributed by atoms with E-state index in [1.165, 1.54) is 0 Å². The van der Waals surface area contributed by atoms with Crippen LogP contribution in [0.2, 0.25) is 0 Å². The lowest BCUT2D eigenvalue weighted by Crippen LogP contribution is -2.58. The fourth-order valence-electron chi connectivity index (χ4n) is 2.44. The predicted octanol–water partition coefficient (Wildman–Crippen LogP) is -4.36. The van der Waals surface area contributed by atoms with Gasteiger partial charge >= 0.3 is 5.97 Å². The Bertz CT molecular complexity index is 698. The topological polar surface area (TPSA) is 257 Å². The zero-order chi connectivity index (χ0) is 24.3. The number of carbonyl (C=O) groups is 6. The van der Waals surface area contributed by atoms with Gasteiger partial charge in [-0.15, -0.1) is 0 Å². The maximum absolute atomic E-state index is 12.6. The molecule has 0 spiro atoms. The summed E-state index contributed by atoms with van der Waals surface area (Å²) in [5.41, 5.74) is 15.9. The maximum Gasteiger partial charge on any atom is 0.328 e. The van der Waals surface area contributed by atoms with Crippen molar-refractivity contribution in [3.05, 3.63) is 0 Å². The lowest BCUT2D eigenvalue weighted by atomic mass is 10.0. The van der Waals surface area contributed by atoms with Crippen molar-refractivity contribution < 1.29 is 39.0 Å². The molecule has 0 aliphatic heterocycles. The summed E-state index contributed by atoms with van der Waals surface area (Å²) in [6.45, 7) is 2.70. The van der Waals surface area contributed by atoms with E-state index in [0.717, 1.165) is 0 Å². The number of primary amides is 2. The van der Waals surface area contributed by atoms with E-state index in [2.05, 4.69) is 10.6 Å². The summed E-state index contributed by atoms with van der Waals surface area (Å²) in [5.74, 6) is -6.36. The van der Waals surface area contributed by atoms with E-state index in [4.69, 9.17) is 27.4 Å². The van der Waals surface area contributed by atoms with Gasteiger partial charge in [0.25, 0.3) is 0 Å². The van der Waals surface area contributed by atoms with E-state index < -0.39 is 79.1 Å². The molecule has 4 unspecified atom stereocenters. The Kier molecular flexibility index (Phi) is 11.7. The Balaban J connectivity index is 5.45. The molecule has 4 atom stereocenters. The number of carboxylic acid groups (broad SMARTS) is 1. The van der Waals surface area contributed by atoms with Gasteiger partial charge in [0.2, 0.25) is 29.5 Å². The van der Waals surface area contributed by atoms with Gasteiger partial charge < -0.3 is 43.4 Å². The first-order valence-corrected chi connectivity index (χ1v) is 9.35. The van der Waals surface area contributed by atoms with E-state index in [1.807, 2.05) is 19.2 Å². The Labute approximate surface area is 178 Å². The molecule has 176 valence electrons. The third kappa shape index (κ3) is 10.9. The average molecular weight is 446 g/mol. The summed E-state index contributed by atoms with van der Waals surface area (Å²) in [6, 6.07) is -5.83. The van der Waals surface area contributed by atoms with Crippen LogP contribution in [0.15, 0.2) is 0 Å². The van der Waals surface area contributed by atoms with Crippen molar-refractivity contribution in [2.24, 2.45) is 23.1 Å². The molecule has 0 saturated carbocycles. The molecular formula is C17H30N6O8. The Morgan fingerprint density at radius 3 is 1.48 bits per heavy atom. The molecule has 31 heavy (non-hydrogen) atoms. The van der Waals surface area contributed by atoms with Crippen molar-refractivity contribution in [3.8, 4) is 0 Å². The van der Waals surface area contributed by atoms with Gasteiger partial charge in [-0.2, -0.15) is 0 Å². The number of aliphatic hydroxyl groups is 1. The quantitative estimate of drug-likeness (QED) is 0.128. The van der Waals surface area contributed by atoms with Crippen molar-refractivity contribution in [3.63, 3.8) is 0 Å². The molecule has 0 rings (SSSR count). The number of carbonyl (C=O) groups excluding carboxylic acids is 5. The van der Waals surface area contributed by atoms with E-state index in [0.29, 0.717) is 6.42 Å². The molecule has 14 heteroatoms. The number of hydrogen-bond acceptors (Lipinski definition) is 8. The molecule has 5 amide bonds. The summed E-state index contributed by atoms with van der Waals surface area (Å²) in [4.78, 5) is 70.6. The summed E-state index contributed by atoms with van der Waals surface area (Å²) in [7, 11) is 0. The number of carboxylic acids is 1. The van der Waals surface area contributed by atoms with Crippen LogP contribution in [0.3, 0.4) is 0 Å². The summed E-state index contributed by atoms with van der Waals surface area (Å²) in [5, 5.41) is 24.2. The molecule has 0 fully saturated rings. The highest BCUT2D eigenvalue weighted by atomic mass is 16.4. The first-order valence-electron chi connectivity index (χ1n) is 9.35. The van der Waals surface area contributed by atoms with Gasteiger partial charge in [0, 0.05) is 0 Å². The molecule has 0 radical (unpaired) electrons. The standard InChI is InChI=1S/C17H30N6O8/c1-7(2)3-8(18)14(27)21-9(4-12(19)25)15(28)22-10(5-13(20)26)16(29)23-11(6-24)17(30)31/h7-11,24H,3-6,18H2,1-2H3,(H2,19,25)(H2,20,26)(H,21,27)(H,22,28)(H,23,29)(H,30,31). The van der Waals surface area contributed by atoms with Gasteiger partial charge in [-0.1, -0.05) is 13.8 Å². The minimum Gasteiger partial charge on any atom is -0.480 e. The minimum atomic E-state index is -1.70. The van der Waals surface area contributed by atoms with Crippen LogP contribution < -0.4 is 33.2 Å². The first-order chi connectivity index (χ1) is 14.3. The molecule has 11 N–H and O–H groups in total. The minimum absolute atomic E-state index is 0.0708. The van der Waals surface area contributed by atoms with Crippen LogP contribution in [0.5, 0.6) is 0 Å². The third-order valence-corrected chi connectivity index (χ3v) is 3.94. The molecule has 0 aromatic rings. The maximum atomic E-state index is 12.6. The fourth-order valence-corrected chi connectivity index (χ4v) is 2.44. The molecular weight excluding hydrogens is 416 g/mol. The summed E-state index contributed by atoms with van der Waals surface area (Å²) < 4.78 is 0. The highest BCUT2D eigenvalue weighted by Gasteiger charge is 2.31. The molecule has 0 bridgehead atoms. The number of rotatable bonds is 14. The Morgan fingerprint density at radius 2 is 1.16 bits per heavy atom. The van der Waals surface area contributed by atoms with Crippen LogP contribution in [-0.2, 0) is 28.8 Å². The monoisotopic (exact) mass is 446 g/mol. The van der Waals surface area contributed by atoms with E-state index >= 15 is 0 Å². The zero-order valence-corrected chi connectivity index (χ0v) is 17.3. The summed E-state index contributed by atoms with van der Waals surface area (Å²) in [6.07, 6.45) is -1.06. The molecule has 0 aliphatic carbocycles. The second-order valence-corrected chi connectivity index (χ2v) is 7.28. The first kappa shape index (κ1) is 27.7. The third-order valence-electron chi connectivity index (χ3n) is 3.94. The number of amides is 5. The number of aliphatic carboxylic acids is 1. The second-order valence-electron chi connectivity index (χ2n) is 7.28. The molecule has 0 aliphatic rings. The van der Waals surface area contributed by atoms with Gasteiger partial charge in [-0.25, -0.2) is 4.79 Å². The van der Waals surface area contributed by atoms with Crippen molar-refractivity contribution in [2.75, 3.05) is 6.61 Å². The number of hydrogen-bond donors (Lipinski definition) is 8. The molecule has 0 heterocycles. The average Bonchev–Trinajstić information content (AvgIpc) is 2.62. The highest BCUT2D eigenvalue weighted by Crippen LogP contribution is 2.04. The molecule has 14 nitrogen and oxygen atoms in total. The van der Waals surface area contributed by atoms with E-state index in [-0.39, 0.29) is 5.92 Å². The predicted molar refractivity (Wildman–Crippen MR) is 106 cm³/mol. The van der Waals surface area contributed by atoms with Crippen LogP contribution in [0.25, 0.3) is 0 Å². The summed E-state index contributed by atoms with van der Waals surface area (Å²) >= 11 is 0. The van der Waals surface area contributed by atoms with Crippen molar-refractivity contribution in [2.45, 2.75) is 57.3 Å². The SMILES string of the molecule is CC(C)CC(N)C(=O)NC(CC(N)=O)C(=O)NC(CC(N)=O)C(=O)NC(CO)C(=O)O. The van der Waals surface area contributed by atoms with Crippen LogP contribution in [0.4, 0.5) is 0 Å². The smallest absolute Gasteiger partial charge is 0.328 e. The number of nitrogens with two attached hydrogens (primary N) is 3. The van der Waals surface area contributed by atoms with Crippen molar-refractivity contribution in [1.82, 2.24) is 16.0 Å². The molecule has 0 saturated heterocycles. The lowest BCUT2D eigenvalue weighted by Gasteiger charge is -2.24. The van der Waals surface area contributed by atoms with E-state index in [1.54, 1.807) is 0 Å². The van der Waals surface area contributed by atoms with Crippen molar-refractivity contribution in [1.29, 1.82) is 0 Å². The Hall–Kier alpha value is -3.26. The lowest BCUT2D eigenvalue weighted by molar-refractivity contribution is -0.143.